The van der Waals surface area contributed by atoms with Gasteiger partial charge in [0.05, 0.1) is 5.41 Å². The Morgan fingerprint density at radius 2 is 1.39 bits per heavy atom. The Hall–Kier alpha value is -4.37. The maximum Gasteiger partial charge on any atom is 0.253 e. The Kier molecular flexibility index (Phi) is 7.48. The van der Waals surface area contributed by atoms with Crippen LogP contribution in [0.4, 0.5) is 4.39 Å². The van der Waals surface area contributed by atoms with Gasteiger partial charge in [-0.1, -0.05) is 12.1 Å². The second-order valence-electron chi connectivity index (χ2n) is 11.3. The van der Waals surface area contributed by atoms with E-state index in [-0.39, 0.29) is 23.7 Å². The molecule has 0 unspecified atom stereocenters. The molecule has 5 rings (SSSR count). The third kappa shape index (κ3) is 5.13. The zero-order valence-electron chi connectivity index (χ0n) is 24.0. The summed E-state index contributed by atoms with van der Waals surface area (Å²) in [6.07, 6.45) is 1.82. The number of H-pyrrole nitrogens is 1. The molecule has 212 valence electrons. The van der Waals surface area contributed by atoms with Gasteiger partial charge in [-0.15, -0.1) is 10.2 Å². The number of aromatic nitrogens is 3. The molecule has 41 heavy (non-hydrogen) atoms. The number of aryl methyl sites for hydroxylation is 2. The van der Waals surface area contributed by atoms with Crippen LogP contribution in [-0.2, 0) is 18.3 Å². The van der Waals surface area contributed by atoms with Crippen LogP contribution in [0.5, 0.6) is 0 Å². The summed E-state index contributed by atoms with van der Waals surface area (Å²) in [7, 11) is 6.94. The molecule has 0 spiro atoms. The zero-order chi connectivity index (χ0) is 29.5. The van der Waals surface area contributed by atoms with E-state index >= 15 is 0 Å². The second kappa shape index (κ2) is 10.9. The summed E-state index contributed by atoms with van der Waals surface area (Å²) in [6, 6.07) is 17.5. The van der Waals surface area contributed by atoms with Crippen LogP contribution in [0.1, 0.15) is 62.1 Å². The fourth-order valence-electron chi connectivity index (χ4n) is 5.88. The number of fused-ring (bicyclic) bond motifs is 2. The lowest BCUT2D eigenvalue weighted by Gasteiger charge is -2.36. The first-order valence-corrected chi connectivity index (χ1v) is 13.7. The summed E-state index contributed by atoms with van der Waals surface area (Å²) in [5.41, 5.74) is 11.6. The van der Waals surface area contributed by atoms with Gasteiger partial charge >= 0.3 is 0 Å². The van der Waals surface area contributed by atoms with Gasteiger partial charge in [-0.25, -0.2) is 4.39 Å². The average molecular weight is 555 g/mol. The molecule has 3 N–H and O–H groups in total. The van der Waals surface area contributed by atoms with Crippen molar-refractivity contribution in [1.29, 1.82) is 0 Å². The molecule has 0 aliphatic heterocycles. The molecule has 0 bridgehead atoms. The molecule has 3 aromatic carbocycles. The van der Waals surface area contributed by atoms with Gasteiger partial charge in [0.1, 0.15) is 11.6 Å². The van der Waals surface area contributed by atoms with Crippen molar-refractivity contribution in [2.75, 3.05) is 28.2 Å². The first kappa shape index (κ1) is 28.2. The Balaban J connectivity index is 1.78. The number of benzene rings is 3. The highest BCUT2D eigenvalue weighted by Crippen LogP contribution is 2.47. The topological polar surface area (TPSA) is 108 Å². The normalized spacial score (nSPS) is 14.4. The third-order valence-corrected chi connectivity index (χ3v) is 7.74. The predicted octanol–water partition coefficient (Wildman–Crippen LogP) is 4.18. The standard InChI is InChI=1S/C32H35FN6O2/c1-19(34)18-32(31-35-28(36-37-31)20-8-12-25(33)13-9-20)26-14-10-23(29(40)38(2)3)16-21(26)6-7-22-17-24(11-15-27(22)32)30(41)39(4)5/h8-17,19H,6-7,18,34H2,1-5H3,(H,35,36,37)/t19-/m0/s1. The average Bonchev–Trinajstić information content (AvgIpc) is 3.40. The van der Waals surface area contributed by atoms with Crippen LogP contribution < -0.4 is 5.73 Å². The van der Waals surface area contributed by atoms with Gasteiger partial charge in [0.15, 0.2) is 5.82 Å². The number of rotatable bonds is 6. The summed E-state index contributed by atoms with van der Waals surface area (Å²) in [4.78, 5) is 32.4. The minimum atomic E-state index is -0.847. The van der Waals surface area contributed by atoms with Gasteiger partial charge in [-0.05, 0) is 97.0 Å². The lowest BCUT2D eigenvalue weighted by Crippen LogP contribution is -2.38. The highest BCUT2D eigenvalue weighted by atomic mass is 19.1. The second-order valence-corrected chi connectivity index (χ2v) is 11.3. The van der Waals surface area contributed by atoms with Crippen molar-refractivity contribution in [2.24, 2.45) is 5.73 Å². The number of hydrogen-bond acceptors (Lipinski definition) is 5. The summed E-state index contributed by atoms with van der Waals surface area (Å²) in [6.45, 7) is 1.96. The molecule has 1 atom stereocenters. The number of nitrogens with one attached hydrogen (secondary N) is 1. The number of nitrogens with zero attached hydrogens (tertiary/aromatic N) is 4. The lowest BCUT2D eigenvalue weighted by molar-refractivity contribution is 0.0820. The van der Waals surface area contributed by atoms with E-state index in [9.17, 15) is 14.0 Å². The zero-order valence-corrected chi connectivity index (χ0v) is 24.0. The summed E-state index contributed by atoms with van der Waals surface area (Å²) in [5.74, 6) is 0.612. The van der Waals surface area contributed by atoms with Crippen LogP contribution in [-0.4, -0.2) is 71.0 Å². The first-order valence-electron chi connectivity index (χ1n) is 13.7. The summed E-state index contributed by atoms with van der Waals surface area (Å²) < 4.78 is 13.6. The van der Waals surface area contributed by atoms with E-state index in [1.807, 2.05) is 43.3 Å². The van der Waals surface area contributed by atoms with Gasteiger partial charge in [0.25, 0.3) is 11.8 Å². The lowest BCUT2D eigenvalue weighted by atomic mass is 9.68. The summed E-state index contributed by atoms with van der Waals surface area (Å²) in [5, 5.41) is 9.14. The number of aromatic amines is 1. The Labute approximate surface area is 239 Å². The number of nitrogens with two attached hydrogens (primary N) is 1. The first-order chi connectivity index (χ1) is 19.5. The molecule has 0 radical (unpaired) electrons. The van der Waals surface area contributed by atoms with E-state index in [4.69, 9.17) is 5.73 Å². The molecular formula is C32H35FN6O2. The van der Waals surface area contributed by atoms with Gasteiger partial charge < -0.3 is 20.5 Å². The predicted molar refractivity (Wildman–Crippen MR) is 156 cm³/mol. The number of carbonyl (C=O) groups excluding carboxylic acids is 2. The van der Waals surface area contributed by atoms with Crippen LogP contribution in [0.15, 0.2) is 60.7 Å². The van der Waals surface area contributed by atoms with Gasteiger partial charge in [-0.2, -0.15) is 0 Å². The third-order valence-electron chi connectivity index (χ3n) is 7.74. The molecule has 0 saturated carbocycles. The monoisotopic (exact) mass is 554 g/mol. The molecule has 9 heteroatoms. The fraction of sp³-hybridized carbons (Fsp3) is 0.312. The van der Waals surface area contributed by atoms with Crippen molar-refractivity contribution in [1.82, 2.24) is 25.0 Å². The number of hydrogen-bond donors (Lipinski definition) is 2. The SMILES string of the molecule is C[C@H](N)CC1(c2nnc(-c3ccc(F)cc3)[nH]2)c2ccc(C(=O)N(C)C)cc2CCc2cc(C(=O)N(C)C)ccc21. The van der Waals surface area contributed by atoms with E-state index in [0.29, 0.717) is 47.6 Å². The molecular weight excluding hydrogens is 519 g/mol. The molecule has 1 aromatic heterocycles. The largest absolute Gasteiger partial charge is 0.345 e. The van der Waals surface area contributed by atoms with Crippen molar-refractivity contribution in [3.8, 4) is 11.4 Å². The molecule has 1 aliphatic rings. The van der Waals surface area contributed by atoms with Crippen molar-refractivity contribution in [3.05, 3.63) is 106 Å². The Morgan fingerprint density at radius 1 is 0.878 bits per heavy atom. The van der Waals surface area contributed by atoms with Gasteiger partial charge in [0.2, 0.25) is 0 Å². The number of amides is 2. The molecule has 4 aromatic rings. The maximum atomic E-state index is 13.6. The number of carbonyl (C=O) groups is 2. The van der Waals surface area contributed by atoms with E-state index in [0.717, 1.165) is 22.3 Å². The minimum Gasteiger partial charge on any atom is -0.345 e. The van der Waals surface area contributed by atoms with E-state index < -0.39 is 5.41 Å². The molecule has 8 nitrogen and oxygen atoms in total. The Morgan fingerprint density at radius 3 is 1.85 bits per heavy atom. The minimum absolute atomic E-state index is 0.0792. The summed E-state index contributed by atoms with van der Waals surface area (Å²) >= 11 is 0. The van der Waals surface area contributed by atoms with Crippen molar-refractivity contribution in [3.63, 3.8) is 0 Å². The highest BCUT2D eigenvalue weighted by Gasteiger charge is 2.45. The molecule has 0 saturated heterocycles. The van der Waals surface area contributed by atoms with Crippen LogP contribution >= 0.6 is 0 Å². The molecule has 1 aliphatic carbocycles. The maximum absolute atomic E-state index is 13.6. The van der Waals surface area contributed by atoms with Crippen LogP contribution in [0.3, 0.4) is 0 Å². The number of halogens is 1. The van der Waals surface area contributed by atoms with E-state index in [2.05, 4.69) is 15.2 Å². The Bertz CT molecular complexity index is 1540. The quantitative estimate of drug-likeness (QED) is 0.372. The van der Waals surface area contributed by atoms with Crippen molar-refractivity contribution < 1.29 is 14.0 Å². The van der Waals surface area contributed by atoms with Crippen LogP contribution in [0, 0.1) is 5.82 Å². The molecule has 1 heterocycles. The van der Waals surface area contributed by atoms with Crippen molar-refractivity contribution >= 4 is 11.8 Å². The molecule has 2 amide bonds. The van der Waals surface area contributed by atoms with E-state index in [1.165, 1.54) is 12.1 Å². The molecule has 0 fully saturated rings. The van der Waals surface area contributed by atoms with Crippen LogP contribution in [0.25, 0.3) is 11.4 Å². The highest BCUT2D eigenvalue weighted by molar-refractivity contribution is 5.95. The van der Waals surface area contributed by atoms with E-state index in [1.54, 1.807) is 50.1 Å². The van der Waals surface area contributed by atoms with Gasteiger partial charge in [0, 0.05) is 50.9 Å². The fourth-order valence-corrected chi connectivity index (χ4v) is 5.88. The smallest absolute Gasteiger partial charge is 0.253 e. The van der Waals surface area contributed by atoms with Gasteiger partial charge in [-0.3, -0.25) is 9.59 Å². The van der Waals surface area contributed by atoms with Crippen molar-refractivity contribution in [2.45, 2.75) is 37.6 Å². The van der Waals surface area contributed by atoms with Crippen LogP contribution in [0.2, 0.25) is 0 Å².